The summed E-state index contributed by atoms with van der Waals surface area (Å²) in [4.78, 5) is 29.5. The van der Waals surface area contributed by atoms with Crippen LogP contribution >= 0.6 is 0 Å². The minimum absolute atomic E-state index is 0.0713. The van der Waals surface area contributed by atoms with Gasteiger partial charge in [0.05, 0.1) is 20.3 Å². The zero-order valence-electron chi connectivity index (χ0n) is 17.1. The van der Waals surface area contributed by atoms with Gasteiger partial charge in [0.15, 0.2) is 17.6 Å². The van der Waals surface area contributed by atoms with Crippen molar-refractivity contribution in [2.45, 2.75) is 37.5 Å². The van der Waals surface area contributed by atoms with E-state index in [1.165, 1.54) is 19.3 Å². The average molecular weight is 403 g/mol. The van der Waals surface area contributed by atoms with Crippen molar-refractivity contribution < 1.29 is 23.8 Å². The molecule has 1 aromatic carbocycles. The zero-order valence-corrected chi connectivity index (χ0v) is 17.1. The average Bonchev–Trinajstić information content (AvgIpc) is 2.72. The van der Waals surface area contributed by atoms with Gasteiger partial charge in [-0.1, -0.05) is 12.5 Å². The number of hydrogen-bond acceptors (Lipinski definition) is 6. The third kappa shape index (κ3) is 4.04. The number of hydrogen-bond donors (Lipinski definition) is 1. The van der Waals surface area contributed by atoms with E-state index in [4.69, 9.17) is 14.2 Å². The molecule has 8 nitrogen and oxygen atoms in total. The van der Waals surface area contributed by atoms with Crippen LogP contribution in [0.15, 0.2) is 18.2 Å². The van der Waals surface area contributed by atoms with Crippen LogP contribution in [0.4, 0.5) is 0 Å². The Morgan fingerprint density at radius 1 is 1.10 bits per heavy atom. The maximum atomic E-state index is 13.2. The second kappa shape index (κ2) is 8.59. The molecule has 4 rings (SSSR count). The number of ether oxygens (including phenoxy) is 3. The van der Waals surface area contributed by atoms with Crippen molar-refractivity contribution in [3.05, 3.63) is 23.8 Å². The van der Waals surface area contributed by atoms with Gasteiger partial charge in [-0.2, -0.15) is 0 Å². The molecular weight excluding hydrogens is 374 g/mol. The van der Waals surface area contributed by atoms with Gasteiger partial charge >= 0.3 is 0 Å². The molecule has 3 aliphatic rings. The van der Waals surface area contributed by atoms with Gasteiger partial charge in [-0.05, 0) is 43.6 Å². The Labute approximate surface area is 171 Å². The van der Waals surface area contributed by atoms with Gasteiger partial charge in [0, 0.05) is 19.1 Å². The lowest BCUT2D eigenvalue weighted by Crippen LogP contribution is -2.65. The first-order chi connectivity index (χ1) is 14.1. The number of piperidine rings is 1. The van der Waals surface area contributed by atoms with Crippen LogP contribution < -0.4 is 14.8 Å². The van der Waals surface area contributed by atoms with E-state index in [0.717, 1.165) is 31.7 Å². The molecule has 0 spiro atoms. The molecule has 0 aromatic heterocycles. The van der Waals surface area contributed by atoms with E-state index in [2.05, 4.69) is 10.2 Å². The molecule has 1 N–H and O–H groups in total. The second-order valence-corrected chi connectivity index (χ2v) is 7.88. The largest absolute Gasteiger partial charge is 0.493 e. The highest BCUT2D eigenvalue weighted by Crippen LogP contribution is 2.33. The fourth-order valence-corrected chi connectivity index (χ4v) is 4.40. The number of methoxy groups -OCH3 is 2. The smallest absolute Gasteiger partial charge is 0.254 e. The lowest BCUT2D eigenvalue weighted by atomic mass is 9.96. The summed E-state index contributed by atoms with van der Waals surface area (Å²) in [7, 11) is 3.12. The standard InChI is InChI=1S/C21H29N3O5/c1-27-16-7-6-14(10-17(16)28-2)19-20(29-13-18(25)22-19)21(26)24-11-15(12-24)23-8-4-3-5-9-23/h6-7,10,15,19-20H,3-5,8-9,11-13H2,1-2H3,(H,22,25)/t19-,20+/m1/s1. The third-order valence-corrected chi connectivity index (χ3v) is 6.10. The van der Waals surface area contributed by atoms with E-state index in [1.807, 2.05) is 11.0 Å². The summed E-state index contributed by atoms with van der Waals surface area (Å²) in [5.41, 5.74) is 0.752. The number of nitrogens with zero attached hydrogens (tertiary/aromatic N) is 2. The highest BCUT2D eigenvalue weighted by molar-refractivity contribution is 5.87. The molecule has 3 aliphatic heterocycles. The fraction of sp³-hybridized carbons (Fsp3) is 0.619. The van der Waals surface area contributed by atoms with E-state index in [9.17, 15) is 9.59 Å². The second-order valence-electron chi connectivity index (χ2n) is 7.88. The summed E-state index contributed by atoms with van der Waals surface area (Å²) < 4.78 is 16.4. The van der Waals surface area contributed by atoms with E-state index in [1.54, 1.807) is 26.4 Å². The Hall–Kier alpha value is -2.32. The molecule has 2 atom stereocenters. The summed E-state index contributed by atoms with van der Waals surface area (Å²) in [5, 5.41) is 2.91. The van der Waals surface area contributed by atoms with E-state index < -0.39 is 12.1 Å². The van der Waals surface area contributed by atoms with Gasteiger partial charge in [-0.15, -0.1) is 0 Å². The number of amides is 2. The van der Waals surface area contributed by atoms with Crippen molar-refractivity contribution in [3.63, 3.8) is 0 Å². The molecule has 0 bridgehead atoms. The Kier molecular flexibility index (Phi) is 5.91. The predicted molar refractivity (Wildman–Crippen MR) is 106 cm³/mol. The molecule has 158 valence electrons. The van der Waals surface area contributed by atoms with E-state index in [-0.39, 0.29) is 18.4 Å². The van der Waals surface area contributed by atoms with Gasteiger partial charge in [-0.3, -0.25) is 14.5 Å². The molecule has 29 heavy (non-hydrogen) atoms. The van der Waals surface area contributed by atoms with Crippen molar-refractivity contribution in [2.24, 2.45) is 0 Å². The molecule has 0 aliphatic carbocycles. The van der Waals surface area contributed by atoms with Gasteiger partial charge < -0.3 is 24.4 Å². The molecule has 8 heteroatoms. The first-order valence-corrected chi connectivity index (χ1v) is 10.3. The topological polar surface area (TPSA) is 80.3 Å². The minimum Gasteiger partial charge on any atom is -0.493 e. The maximum absolute atomic E-state index is 13.2. The summed E-state index contributed by atoms with van der Waals surface area (Å²) in [6.07, 6.45) is 3.04. The Balaban J connectivity index is 1.46. The molecule has 0 radical (unpaired) electrons. The van der Waals surface area contributed by atoms with Crippen LogP contribution in [-0.4, -0.2) is 80.8 Å². The first-order valence-electron chi connectivity index (χ1n) is 10.3. The number of likely N-dealkylation sites (tertiary alicyclic amines) is 2. The maximum Gasteiger partial charge on any atom is 0.254 e. The van der Waals surface area contributed by atoms with Crippen molar-refractivity contribution >= 4 is 11.8 Å². The van der Waals surface area contributed by atoms with Crippen LogP contribution in [0, 0.1) is 0 Å². The van der Waals surface area contributed by atoms with Crippen LogP contribution in [0.25, 0.3) is 0 Å². The predicted octanol–water partition coefficient (Wildman–Crippen LogP) is 0.957. The first kappa shape index (κ1) is 20.0. The molecule has 3 heterocycles. The third-order valence-electron chi connectivity index (χ3n) is 6.10. The number of nitrogens with one attached hydrogen (secondary N) is 1. The quantitative estimate of drug-likeness (QED) is 0.789. The SMILES string of the molecule is COc1ccc([C@H]2NC(=O)CO[C@@H]2C(=O)N2CC(N3CCCCC3)C2)cc1OC. The lowest BCUT2D eigenvalue weighted by molar-refractivity contribution is -0.161. The van der Waals surface area contributed by atoms with Crippen molar-refractivity contribution in [3.8, 4) is 11.5 Å². The molecule has 2 amide bonds. The summed E-state index contributed by atoms with van der Waals surface area (Å²) in [6, 6.07) is 5.26. The van der Waals surface area contributed by atoms with E-state index in [0.29, 0.717) is 17.5 Å². The molecule has 3 fully saturated rings. The highest BCUT2D eigenvalue weighted by atomic mass is 16.5. The molecule has 0 unspecified atom stereocenters. The monoisotopic (exact) mass is 403 g/mol. The number of carbonyl (C=O) groups excluding carboxylic acids is 2. The van der Waals surface area contributed by atoms with Crippen molar-refractivity contribution in [2.75, 3.05) is 47.0 Å². The minimum atomic E-state index is -0.742. The number of benzene rings is 1. The van der Waals surface area contributed by atoms with Crippen molar-refractivity contribution in [1.29, 1.82) is 0 Å². The van der Waals surface area contributed by atoms with Crippen LogP contribution in [0.3, 0.4) is 0 Å². The van der Waals surface area contributed by atoms with Gasteiger partial charge in [0.2, 0.25) is 5.91 Å². The lowest BCUT2D eigenvalue weighted by Gasteiger charge is -2.48. The number of carbonyl (C=O) groups is 2. The normalized spacial score (nSPS) is 25.9. The van der Waals surface area contributed by atoms with Gasteiger partial charge in [-0.25, -0.2) is 0 Å². The number of rotatable bonds is 5. The highest BCUT2D eigenvalue weighted by Gasteiger charge is 2.43. The van der Waals surface area contributed by atoms with Crippen LogP contribution in [-0.2, 0) is 14.3 Å². The Morgan fingerprint density at radius 3 is 2.52 bits per heavy atom. The zero-order chi connectivity index (χ0) is 20.4. The molecular formula is C21H29N3O5. The summed E-state index contributed by atoms with van der Waals surface area (Å²) in [5.74, 6) is 0.834. The molecule has 3 saturated heterocycles. The fourth-order valence-electron chi connectivity index (χ4n) is 4.40. The van der Waals surface area contributed by atoms with E-state index >= 15 is 0 Å². The molecule has 0 saturated carbocycles. The van der Waals surface area contributed by atoms with Gasteiger partial charge in [0.25, 0.3) is 5.91 Å². The Bertz CT molecular complexity index is 759. The van der Waals surface area contributed by atoms with Crippen LogP contribution in [0.1, 0.15) is 30.9 Å². The Morgan fingerprint density at radius 2 is 1.83 bits per heavy atom. The van der Waals surface area contributed by atoms with Crippen LogP contribution in [0.5, 0.6) is 11.5 Å². The van der Waals surface area contributed by atoms with Gasteiger partial charge in [0.1, 0.15) is 6.61 Å². The van der Waals surface area contributed by atoms with Crippen molar-refractivity contribution in [1.82, 2.24) is 15.1 Å². The van der Waals surface area contributed by atoms with Crippen LogP contribution in [0.2, 0.25) is 0 Å². The summed E-state index contributed by atoms with van der Waals surface area (Å²) >= 11 is 0. The number of morpholine rings is 1. The molecule has 1 aromatic rings. The summed E-state index contributed by atoms with van der Waals surface area (Å²) in [6.45, 7) is 3.59.